The summed E-state index contributed by atoms with van der Waals surface area (Å²) in [5.74, 6) is -0.473. The summed E-state index contributed by atoms with van der Waals surface area (Å²) in [5.41, 5.74) is 1.79. The summed E-state index contributed by atoms with van der Waals surface area (Å²) in [4.78, 5) is 24.9. The van der Waals surface area contributed by atoms with Gasteiger partial charge in [-0.3, -0.25) is 9.52 Å². The number of amides is 1. The first-order chi connectivity index (χ1) is 15.3. The fourth-order valence-corrected chi connectivity index (χ4v) is 3.75. The summed E-state index contributed by atoms with van der Waals surface area (Å²) in [6.45, 7) is -0.537. The van der Waals surface area contributed by atoms with Crippen LogP contribution in [0.3, 0.4) is 0 Å². The molecule has 0 radical (unpaired) electrons. The molecule has 1 aromatic heterocycles. The molecule has 166 valence electrons. The Morgan fingerprint density at radius 1 is 1.09 bits per heavy atom. The van der Waals surface area contributed by atoms with E-state index in [1.165, 1.54) is 12.1 Å². The van der Waals surface area contributed by atoms with Crippen LogP contribution in [0.15, 0.2) is 60.7 Å². The zero-order chi connectivity index (χ0) is 22.7. The van der Waals surface area contributed by atoms with Gasteiger partial charge < -0.3 is 10.1 Å². The van der Waals surface area contributed by atoms with Crippen molar-refractivity contribution >= 4 is 33.4 Å². The third-order valence-corrected chi connectivity index (χ3v) is 5.36. The number of nitrogens with zero attached hydrogens (tertiary/aromatic N) is 2. The van der Waals surface area contributed by atoms with Crippen molar-refractivity contribution in [1.82, 2.24) is 9.78 Å². The molecule has 1 aliphatic rings. The summed E-state index contributed by atoms with van der Waals surface area (Å²) in [5, 5.41) is 7.36. The van der Waals surface area contributed by atoms with E-state index in [1.807, 2.05) is 36.4 Å². The largest absolute Gasteiger partial charge is 0.452 e. The average molecular weight is 455 g/mol. The van der Waals surface area contributed by atoms with Gasteiger partial charge in [0, 0.05) is 12.0 Å². The number of aromatic nitrogens is 2. The molecule has 10 heteroatoms. The number of sulfonamides is 1. The number of ether oxygens (including phenoxy) is 1. The second-order valence-electron chi connectivity index (χ2n) is 7.52. The minimum Gasteiger partial charge on any atom is -0.452 e. The molecule has 0 unspecified atom stereocenters. The van der Waals surface area contributed by atoms with Crippen molar-refractivity contribution in [2.75, 3.05) is 22.9 Å². The molecule has 0 spiro atoms. The van der Waals surface area contributed by atoms with Crippen LogP contribution < -0.4 is 10.0 Å². The predicted molar refractivity (Wildman–Crippen MR) is 119 cm³/mol. The van der Waals surface area contributed by atoms with Crippen molar-refractivity contribution in [3.8, 4) is 5.69 Å². The van der Waals surface area contributed by atoms with Crippen molar-refractivity contribution in [2.45, 2.75) is 18.8 Å². The SMILES string of the molecule is CS(=O)(=O)Nc1ccccc1C(=O)OCC(=O)Nc1cc(C2CC2)nn1-c1ccccc1. The summed E-state index contributed by atoms with van der Waals surface area (Å²) < 4.78 is 32.1. The van der Waals surface area contributed by atoms with Gasteiger partial charge in [0.1, 0.15) is 5.82 Å². The van der Waals surface area contributed by atoms with E-state index in [0.29, 0.717) is 11.7 Å². The number of esters is 1. The van der Waals surface area contributed by atoms with Crippen LogP contribution >= 0.6 is 0 Å². The van der Waals surface area contributed by atoms with Gasteiger partial charge in [-0.05, 0) is 37.1 Å². The molecule has 2 aromatic carbocycles. The van der Waals surface area contributed by atoms with Crippen molar-refractivity contribution in [1.29, 1.82) is 0 Å². The van der Waals surface area contributed by atoms with Crippen LogP contribution in [-0.4, -0.2) is 42.9 Å². The summed E-state index contributed by atoms with van der Waals surface area (Å²) in [7, 11) is -3.58. The van der Waals surface area contributed by atoms with Gasteiger partial charge in [0.15, 0.2) is 6.61 Å². The summed E-state index contributed by atoms with van der Waals surface area (Å²) >= 11 is 0. The first-order valence-corrected chi connectivity index (χ1v) is 11.9. The predicted octanol–water partition coefficient (Wildman–Crippen LogP) is 2.92. The van der Waals surface area contributed by atoms with E-state index in [2.05, 4.69) is 15.1 Å². The van der Waals surface area contributed by atoms with E-state index in [-0.39, 0.29) is 11.3 Å². The number of nitrogens with one attached hydrogen (secondary N) is 2. The highest BCUT2D eigenvalue weighted by molar-refractivity contribution is 7.92. The maximum atomic E-state index is 12.5. The first-order valence-electron chi connectivity index (χ1n) is 9.99. The maximum absolute atomic E-state index is 12.5. The molecule has 1 heterocycles. The lowest BCUT2D eigenvalue weighted by Crippen LogP contribution is -2.23. The van der Waals surface area contributed by atoms with E-state index in [1.54, 1.807) is 16.8 Å². The van der Waals surface area contributed by atoms with Gasteiger partial charge >= 0.3 is 5.97 Å². The number of rotatable bonds is 8. The van der Waals surface area contributed by atoms with Crippen LogP contribution in [0, 0.1) is 0 Å². The van der Waals surface area contributed by atoms with Crippen LogP contribution in [-0.2, 0) is 19.6 Å². The van der Waals surface area contributed by atoms with Crippen molar-refractivity contribution in [3.63, 3.8) is 0 Å². The second-order valence-corrected chi connectivity index (χ2v) is 9.27. The van der Waals surface area contributed by atoms with Crippen LogP contribution in [0.25, 0.3) is 5.69 Å². The van der Waals surface area contributed by atoms with E-state index in [0.717, 1.165) is 30.5 Å². The first kappa shape index (κ1) is 21.6. The molecule has 1 saturated carbocycles. The normalized spacial score (nSPS) is 13.4. The molecule has 32 heavy (non-hydrogen) atoms. The van der Waals surface area contributed by atoms with Crippen molar-refractivity contribution in [2.24, 2.45) is 0 Å². The Labute approximate surface area is 185 Å². The van der Waals surface area contributed by atoms with Crippen molar-refractivity contribution in [3.05, 3.63) is 71.9 Å². The van der Waals surface area contributed by atoms with Crippen LogP contribution in [0.4, 0.5) is 11.5 Å². The highest BCUT2D eigenvalue weighted by atomic mass is 32.2. The highest BCUT2D eigenvalue weighted by Crippen LogP contribution is 2.40. The van der Waals surface area contributed by atoms with Crippen molar-refractivity contribution < 1.29 is 22.7 Å². The molecular formula is C22H22N4O5S. The molecule has 1 fully saturated rings. The van der Waals surface area contributed by atoms with Gasteiger partial charge in [-0.15, -0.1) is 0 Å². The number of benzene rings is 2. The van der Waals surface area contributed by atoms with Gasteiger partial charge in [0.25, 0.3) is 5.91 Å². The monoisotopic (exact) mass is 454 g/mol. The van der Waals surface area contributed by atoms with Gasteiger partial charge in [-0.1, -0.05) is 30.3 Å². The third-order valence-electron chi connectivity index (χ3n) is 4.77. The second kappa shape index (κ2) is 8.83. The molecule has 0 atom stereocenters. The number of hydrogen-bond donors (Lipinski definition) is 2. The van der Waals surface area contributed by atoms with Gasteiger partial charge in [-0.2, -0.15) is 5.10 Å². The Kier molecular flexibility index (Phi) is 5.95. The molecule has 2 N–H and O–H groups in total. The quantitative estimate of drug-likeness (QED) is 0.505. The Morgan fingerprint density at radius 2 is 1.78 bits per heavy atom. The summed E-state index contributed by atoms with van der Waals surface area (Å²) in [6.07, 6.45) is 3.11. The van der Waals surface area contributed by atoms with Gasteiger partial charge in [-0.25, -0.2) is 17.9 Å². The Balaban J connectivity index is 1.45. The van der Waals surface area contributed by atoms with E-state index in [9.17, 15) is 18.0 Å². The standard InChI is InChI=1S/C22H22N4O5S/c1-32(29,30)25-18-10-6-5-9-17(18)22(28)31-14-21(27)23-20-13-19(15-11-12-15)24-26(20)16-7-3-2-4-8-16/h2-10,13,15,25H,11-12,14H2,1H3,(H,23,27). The lowest BCUT2D eigenvalue weighted by Gasteiger charge is -2.11. The Morgan fingerprint density at radius 3 is 2.47 bits per heavy atom. The minimum absolute atomic E-state index is 0.0103. The molecule has 0 aliphatic heterocycles. The smallest absolute Gasteiger partial charge is 0.340 e. The van der Waals surface area contributed by atoms with Gasteiger partial charge in [0.05, 0.1) is 28.9 Å². The van der Waals surface area contributed by atoms with Gasteiger partial charge in [0.2, 0.25) is 10.0 Å². The average Bonchev–Trinajstić information content (AvgIpc) is 3.52. The van der Waals surface area contributed by atoms with Crippen LogP contribution in [0.2, 0.25) is 0 Å². The molecule has 3 aromatic rings. The van der Waals surface area contributed by atoms with E-state index in [4.69, 9.17) is 4.74 Å². The van der Waals surface area contributed by atoms with Crippen LogP contribution in [0.5, 0.6) is 0 Å². The van der Waals surface area contributed by atoms with E-state index >= 15 is 0 Å². The molecule has 0 bridgehead atoms. The Bertz CT molecular complexity index is 1250. The molecule has 0 saturated heterocycles. The summed E-state index contributed by atoms with van der Waals surface area (Å²) in [6, 6.07) is 17.2. The van der Waals surface area contributed by atoms with Crippen LogP contribution in [0.1, 0.15) is 34.8 Å². The lowest BCUT2D eigenvalue weighted by atomic mass is 10.2. The zero-order valence-corrected chi connectivity index (χ0v) is 18.1. The lowest BCUT2D eigenvalue weighted by molar-refractivity contribution is -0.119. The highest BCUT2D eigenvalue weighted by Gasteiger charge is 2.28. The number of carbonyl (C=O) groups is 2. The Hall–Kier alpha value is -3.66. The fraction of sp³-hybridized carbons (Fsp3) is 0.227. The number of anilines is 2. The third kappa shape index (κ3) is 5.33. The fourth-order valence-electron chi connectivity index (χ4n) is 3.17. The minimum atomic E-state index is -3.58. The van der Waals surface area contributed by atoms with E-state index < -0.39 is 28.5 Å². The molecule has 1 aliphatic carbocycles. The molecule has 1 amide bonds. The maximum Gasteiger partial charge on any atom is 0.340 e. The number of hydrogen-bond acceptors (Lipinski definition) is 6. The molecular weight excluding hydrogens is 432 g/mol. The topological polar surface area (TPSA) is 119 Å². The molecule has 4 rings (SSSR count). The zero-order valence-electron chi connectivity index (χ0n) is 17.3. The number of para-hydroxylation sites is 2. The number of carbonyl (C=O) groups excluding carboxylic acids is 2. The molecule has 9 nitrogen and oxygen atoms in total.